The van der Waals surface area contributed by atoms with Crippen LogP contribution in [0, 0.1) is 19.8 Å². The number of pyridine rings is 1. The number of methoxy groups -OCH3 is 1. The maximum absolute atomic E-state index is 11.7. The van der Waals surface area contributed by atoms with E-state index in [1.165, 1.54) is 7.11 Å². The zero-order valence-electron chi connectivity index (χ0n) is 16.4. The van der Waals surface area contributed by atoms with Gasteiger partial charge in [0.05, 0.1) is 18.6 Å². The van der Waals surface area contributed by atoms with E-state index in [4.69, 9.17) is 9.47 Å². The van der Waals surface area contributed by atoms with Crippen molar-refractivity contribution < 1.29 is 19.5 Å². The Morgan fingerprint density at radius 2 is 1.96 bits per heavy atom. The molecular weight excluding hydrogens is 358 g/mol. The summed E-state index contributed by atoms with van der Waals surface area (Å²) in [6.07, 6.45) is 2.92. The summed E-state index contributed by atoms with van der Waals surface area (Å²) in [5.74, 6) is 1.15. The second-order valence-electron chi connectivity index (χ2n) is 6.86. The van der Waals surface area contributed by atoms with Crippen molar-refractivity contribution in [3.63, 3.8) is 0 Å². The van der Waals surface area contributed by atoms with Crippen molar-refractivity contribution in [3.05, 3.63) is 53.2 Å². The molecule has 1 fully saturated rings. The third-order valence-electron chi connectivity index (χ3n) is 5.20. The number of piperidine rings is 1. The van der Waals surface area contributed by atoms with Crippen molar-refractivity contribution in [2.75, 3.05) is 20.2 Å². The van der Waals surface area contributed by atoms with Gasteiger partial charge in [0.2, 0.25) is 5.88 Å². The summed E-state index contributed by atoms with van der Waals surface area (Å²) in [5, 5.41) is 13.2. The van der Waals surface area contributed by atoms with Gasteiger partial charge in [-0.3, -0.25) is 4.79 Å². The van der Waals surface area contributed by atoms with Gasteiger partial charge in [0.1, 0.15) is 5.75 Å². The minimum Gasteiger partial charge on any atom is -0.469 e. The van der Waals surface area contributed by atoms with E-state index in [0.29, 0.717) is 49.0 Å². The van der Waals surface area contributed by atoms with Gasteiger partial charge in [-0.2, -0.15) is 0 Å². The number of carbonyl (C=O) groups excluding carboxylic acids is 1. The fourth-order valence-electron chi connectivity index (χ4n) is 3.36. The smallest absolute Gasteiger partial charge is 0.308 e. The first-order valence-electron chi connectivity index (χ1n) is 9.29. The van der Waals surface area contributed by atoms with E-state index in [0.717, 1.165) is 11.1 Å². The molecule has 1 aliphatic rings. The van der Waals surface area contributed by atoms with Gasteiger partial charge >= 0.3 is 5.97 Å². The molecule has 1 aromatic carbocycles. The van der Waals surface area contributed by atoms with Gasteiger partial charge in [0.15, 0.2) is 5.84 Å². The van der Waals surface area contributed by atoms with Crippen LogP contribution in [0.15, 0.2) is 41.7 Å². The van der Waals surface area contributed by atoms with Gasteiger partial charge in [-0.05, 0) is 56.0 Å². The highest BCUT2D eigenvalue weighted by Gasteiger charge is 2.29. The number of aryl methyl sites for hydroxylation is 1. The molecular formula is C21H25N3O4. The van der Waals surface area contributed by atoms with Crippen LogP contribution in [-0.4, -0.2) is 47.1 Å². The maximum Gasteiger partial charge on any atom is 0.308 e. The summed E-state index contributed by atoms with van der Waals surface area (Å²) in [5.41, 5.74) is 2.75. The van der Waals surface area contributed by atoms with Crippen molar-refractivity contribution in [2.45, 2.75) is 26.7 Å². The third kappa shape index (κ3) is 4.08. The largest absolute Gasteiger partial charge is 0.469 e. The lowest BCUT2D eigenvalue weighted by molar-refractivity contribution is -0.146. The number of nitrogens with zero attached hydrogens (tertiary/aromatic N) is 3. The highest BCUT2D eigenvalue weighted by Crippen LogP contribution is 2.29. The first-order chi connectivity index (χ1) is 13.5. The van der Waals surface area contributed by atoms with Crippen LogP contribution < -0.4 is 4.74 Å². The summed E-state index contributed by atoms with van der Waals surface area (Å²) >= 11 is 0. The van der Waals surface area contributed by atoms with E-state index in [1.54, 1.807) is 12.3 Å². The molecule has 1 N–H and O–H groups in total. The highest BCUT2D eigenvalue weighted by molar-refractivity contribution is 6.00. The number of oxime groups is 1. The predicted molar refractivity (Wildman–Crippen MR) is 105 cm³/mol. The lowest BCUT2D eigenvalue weighted by atomic mass is 9.96. The van der Waals surface area contributed by atoms with E-state index in [9.17, 15) is 10.0 Å². The first-order valence-corrected chi connectivity index (χ1v) is 9.29. The van der Waals surface area contributed by atoms with Gasteiger partial charge in [0.25, 0.3) is 0 Å². The zero-order valence-corrected chi connectivity index (χ0v) is 16.4. The van der Waals surface area contributed by atoms with Crippen molar-refractivity contribution in [2.24, 2.45) is 11.1 Å². The Kier molecular flexibility index (Phi) is 6.13. The molecule has 2 aromatic rings. The van der Waals surface area contributed by atoms with Gasteiger partial charge in [-0.25, -0.2) is 4.98 Å². The molecule has 3 rings (SSSR count). The van der Waals surface area contributed by atoms with Crippen LogP contribution in [-0.2, 0) is 9.53 Å². The maximum atomic E-state index is 11.7. The van der Waals surface area contributed by atoms with Crippen LogP contribution in [0.3, 0.4) is 0 Å². The first kappa shape index (κ1) is 19.7. The molecule has 2 heterocycles. The standard InChI is InChI=1S/C21H25N3O4/c1-14-6-4-8-18(15(14)2)28-20-17(7-5-11-22-20)19(23-26)24-12-9-16(10-13-24)21(25)27-3/h4-8,11,16,26H,9-10,12-13H2,1-3H3/b23-19-. The van der Waals surface area contributed by atoms with Crippen molar-refractivity contribution >= 4 is 11.8 Å². The average Bonchev–Trinajstić information content (AvgIpc) is 2.73. The number of likely N-dealkylation sites (tertiary alicyclic amines) is 1. The Morgan fingerprint density at radius 3 is 2.64 bits per heavy atom. The average molecular weight is 383 g/mol. The Morgan fingerprint density at radius 1 is 1.21 bits per heavy atom. The Labute approximate surface area is 164 Å². The topological polar surface area (TPSA) is 84.2 Å². The fraction of sp³-hybridized carbons (Fsp3) is 0.381. The van der Waals surface area contributed by atoms with Crippen LogP contribution in [0.25, 0.3) is 0 Å². The minimum atomic E-state index is -0.192. The normalized spacial score (nSPS) is 15.4. The van der Waals surface area contributed by atoms with E-state index in [2.05, 4.69) is 10.1 Å². The number of amidine groups is 1. The number of esters is 1. The van der Waals surface area contributed by atoms with Gasteiger partial charge < -0.3 is 19.6 Å². The quantitative estimate of drug-likeness (QED) is 0.286. The summed E-state index contributed by atoms with van der Waals surface area (Å²) in [7, 11) is 1.40. The second kappa shape index (κ2) is 8.73. The summed E-state index contributed by atoms with van der Waals surface area (Å²) in [6.45, 7) is 5.17. The lowest BCUT2D eigenvalue weighted by Gasteiger charge is -2.32. The number of rotatable bonds is 4. The van der Waals surface area contributed by atoms with E-state index in [1.807, 2.05) is 43.0 Å². The number of hydrogen-bond donors (Lipinski definition) is 1. The van der Waals surface area contributed by atoms with Crippen LogP contribution in [0.4, 0.5) is 0 Å². The molecule has 148 valence electrons. The molecule has 1 aliphatic heterocycles. The van der Waals surface area contributed by atoms with E-state index in [-0.39, 0.29) is 11.9 Å². The number of carbonyl (C=O) groups is 1. The van der Waals surface area contributed by atoms with E-state index >= 15 is 0 Å². The number of aromatic nitrogens is 1. The molecule has 0 saturated carbocycles. The molecule has 0 unspecified atom stereocenters. The highest BCUT2D eigenvalue weighted by atomic mass is 16.5. The van der Waals surface area contributed by atoms with E-state index < -0.39 is 0 Å². The molecule has 7 nitrogen and oxygen atoms in total. The number of ether oxygens (including phenoxy) is 2. The molecule has 0 radical (unpaired) electrons. The monoisotopic (exact) mass is 383 g/mol. The molecule has 28 heavy (non-hydrogen) atoms. The van der Waals surface area contributed by atoms with Gasteiger partial charge in [0, 0.05) is 19.3 Å². The molecule has 0 amide bonds. The van der Waals surface area contributed by atoms with Gasteiger partial charge in [-0.1, -0.05) is 17.3 Å². The molecule has 0 atom stereocenters. The van der Waals surface area contributed by atoms with Gasteiger partial charge in [-0.15, -0.1) is 0 Å². The fourth-order valence-corrected chi connectivity index (χ4v) is 3.36. The molecule has 1 saturated heterocycles. The Hall–Kier alpha value is -3.09. The Bertz CT molecular complexity index is 874. The molecule has 1 aromatic heterocycles. The third-order valence-corrected chi connectivity index (χ3v) is 5.20. The summed E-state index contributed by atoms with van der Waals surface area (Å²) in [4.78, 5) is 18.0. The molecule has 0 aliphatic carbocycles. The second-order valence-corrected chi connectivity index (χ2v) is 6.86. The van der Waals surface area contributed by atoms with Crippen molar-refractivity contribution in [1.82, 2.24) is 9.88 Å². The molecule has 0 spiro atoms. The molecule has 0 bridgehead atoms. The lowest BCUT2D eigenvalue weighted by Crippen LogP contribution is -2.41. The Balaban J connectivity index is 1.83. The minimum absolute atomic E-state index is 0.124. The summed E-state index contributed by atoms with van der Waals surface area (Å²) < 4.78 is 10.9. The van der Waals surface area contributed by atoms with Crippen molar-refractivity contribution in [1.29, 1.82) is 0 Å². The van der Waals surface area contributed by atoms with Crippen molar-refractivity contribution in [3.8, 4) is 11.6 Å². The summed E-state index contributed by atoms with van der Waals surface area (Å²) in [6, 6.07) is 9.43. The number of benzene rings is 1. The predicted octanol–water partition coefficient (Wildman–Crippen LogP) is 3.51. The van der Waals surface area contributed by atoms with Crippen LogP contribution in [0.2, 0.25) is 0 Å². The van der Waals surface area contributed by atoms with Crippen LogP contribution in [0.1, 0.15) is 29.5 Å². The van der Waals surface area contributed by atoms with Crippen LogP contribution >= 0.6 is 0 Å². The SMILES string of the molecule is COC(=O)C1CCN(/C(=N\O)c2cccnc2Oc2cccc(C)c2C)CC1. The van der Waals surface area contributed by atoms with Crippen LogP contribution in [0.5, 0.6) is 11.6 Å². The zero-order chi connectivity index (χ0) is 20.1. The number of hydrogen-bond acceptors (Lipinski definition) is 6. The molecule has 7 heteroatoms.